The predicted molar refractivity (Wildman–Crippen MR) is 132 cm³/mol. The van der Waals surface area contributed by atoms with Crippen LogP contribution in [0.1, 0.15) is 49.7 Å². The van der Waals surface area contributed by atoms with Crippen molar-refractivity contribution in [2.45, 2.75) is 51.7 Å². The highest BCUT2D eigenvalue weighted by Crippen LogP contribution is 2.30. The van der Waals surface area contributed by atoms with Crippen LogP contribution in [-0.4, -0.2) is 58.1 Å². The maximum atomic E-state index is 12.5. The van der Waals surface area contributed by atoms with Crippen LogP contribution in [0.4, 0.5) is 10.6 Å². The van der Waals surface area contributed by atoms with Crippen LogP contribution in [0.5, 0.6) is 0 Å². The van der Waals surface area contributed by atoms with E-state index in [0.29, 0.717) is 25.2 Å². The number of hydrogen-bond donors (Lipinski definition) is 3. The summed E-state index contributed by atoms with van der Waals surface area (Å²) in [6.45, 7) is 7.58. The lowest BCUT2D eigenvalue weighted by atomic mass is 10.0. The molecule has 3 aromatic rings. The number of nitrogens with one attached hydrogen (secondary N) is 3. The maximum absolute atomic E-state index is 12.5. The molecule has 2 amide bonds. The van der Waals surface area contributed by atoms with Crippen molar-refractivity contribution in [3.05, 3.63) is 47.7 Å². The zero-order valence-electron chi connectivity index (χ0n) is 19.9. The fourth-order valence-electron chi connectivity index (χ4n) is 4.68. The molecule has 8 nitrogen and oxygen atoms in total. The average molecular weight is 462 g/mol. The number of carbonyl (C=O) groups excluding carboxylic acids is 2. The minimum absolute atomic E-state index is 0.0360. The van der Waals surface area contributed by atoms with Crippen molar-refractivity contribution in [1.29, 1.82) is 0 Å². The molecule has 5 rings (SSSR count). The van der Waals surface area contributed by atoms with Crippen LogP contribution in [0.3, 0.4) is 0 Å². The number of ether oxygens (including phenoxy) is 1. The summed E-state index contributed by atoms with van der Waals surface area (Å²) in [6, 6.07) is 12.1. The largest absolute Gasteiger partial charge is 0.444 e. The van der Waals surface area contributed by atoms with Crippen molar-refractivity contribution >= 4 is 28.7 Å². The summed E-state index contributed by atoms with van der Waals surface area (Å²) in [4.78, 5) is 34.9. The SMILES string of the molecule is CC(C)(C)OC(=O)N1CCCC(Nc2ccc3cccc(-c4cc5c([nH]4)CCNC5=O)c3n2)C1. The van der Waals surface area contributed by atoms with Crippen molar-refractivity contribution in [2.24, 2.45) is 0 Å². The van der Waals surface area contributed by atoms with Crippen LogP contribution in [0.2, 0.25) is 0 Å². The minimum atomic E-state index is -0.508. The Balaban J connectivity index is 1.38. The third-order valence-corrected chi connectivity index (χ3v) is 6.24. The summed E-state index contributed by atoms with van der Waals surface area (Å²) in [6.07, 6.45) is 2.39. The molecule has 0 saturated carbocycles. The normalized spacial score (nSPS) is 18.4. The highest BCUT2D eigenvalue weighted by Gasteiger charge is 2.28. The molecular formula is C26H31N5O3. The minimum Gasteiger partial charge on any atom is -0.444 e. The molecule has 8 heteroatoms. The zero-order chi connectivity index (χ0) is 23.9. The molecule has 1 atom stereocenters. The van der Waals surface area contributed by atoms with E-state index in [1.54, 1.807) is 4.90 Å². The van der Waals surface area contributed by atoms with Gasteiger partial charge in [0.25, 0.3) is 5.91 Å². The number of likely N-dealkylation sites (tertiary alicyclic amines) is 1. The van der Waals surface area contributed by atoms with E-state index in [2.05, 4.69) is 21.7 Å². The fourth-order valence-corrected chi connectivity index (χ4v) is 4.68. The van der Waals surface area contributed by atoms with Gasteiger partial charge in [-0.1, -0.05) is 18.2 Å². The average Bonchev–Trinajstić information content (AvgIpc) is 3.23. The molecule has 1 aromatic carbocycles. The summed E-state index contributed by atoms with van der Waals surface area (Å²) < 4.78 is 5.55. The van der Waals surface area contributed by atoms with E-state index in [9.17, 15) is 9.59 Å². The van der Waals surface area contributed by atoms with E-state index in [1.165, 1.54) is 0 Å². The first-order valence-corrected chi connectivity index (χ1v) is 11.9. The molecule has 0 spiro atoms. The number of pyridine rings is 1. The van der Waals surface area contributed by atoms with Gasteiger partial charge in [0.2, 0.25) is 0 Å². The van der Waals surface area contributed by atoms with Gasteiger partial charge in [-0.2, -0.15) is 0 Å². The van der Waals surface area contributed by atoms with Crippen molar-refractivity contribution in [1.82, 2.24) is 20.2 Å². The first kappa shape index (κ1) is 22.3. The number of carbonyl (C=O) groups is 2. The third kappa shape index (κ3) is 4.58. The Labute approximate surface area is 199 Å². The second-order valence-electron chi connectivity index (χ2n) is 10.1. The number of fused-ring (bicyclic) bond motifs is 2. The van der Waals surface area contributed by atoms with E-state index < -0.39 is 5.60 Å². The third-order valence-electron chi connectivity index (χ3n) is 6.24. The highest BCUT2D eigenvalue weighted by molar-refractivity contribution is 6.00. The standard InChI is InChI=1S/C26H31N5O3/c1-26(2,3)34-25(33)31-13-5-7-17(15-31)28-22-10-9-16-6-4-8-18(23(16)30-22)21-14-19-20(29-21)11-12-27-24(19)32/h4,6,8-10,14,17,29H,5,7,11-13,15H2,1-3H3,(H,27,32)(H,28,30). The number of piperidine rings is 1. The lowest BCUT2D eigenvalue weighted by Crippen LogP contribution is -2.47. The summed E-state index contributed by atoms with van der Waals surface area (Å²) in [5.74, 6) is 0.733. The molecule has 1 unspecified atom stereocenters. The number of para-hydroxylation sites is 1. The second kappa shape index (κ2) is 8.66. The van der Waals surface area contributed by atoms with Crippen LogP contribution >= 0.6 is 0 Å². The van der Waals surface area contributed by atoms with Crippen molar-refractivity contribution in [3.8, 4) is 11.3 Å². The van der Waals surface area contributed by atoms with Gasteiger partial charge in [-0.3, -0.25) is 4.79 Å². The van der Waals surface area contributed by atoms with Gasteiger partial charge in [-0.15, -0.1) is 0 Å². The Morgan fingerprint density at radius 2 is 2.06 bits per heavy atom. The highest BCUT2D eigenvalue weighted by atomic mass is 16.6. The number of amides is 2. The Kier molecular flexibility index (Phi) is 5.67. The number of H-pyrrole nitrogens is 1. The number of rotatable bonds is 3. The molecule has 0 bridgehead atoms. The number of benzene rings is 1. The number of aromatic nitrogens is 2. The molecule has 1 fully saturated rings. The fraction of sp³-hybridized carbons (Fsp3) is 0.423. The molecule has 178 valence electrons. The number of aromatic amines is 1. The maximum Gasteiger partial charge on any atom is 0.410 e. The van der Waals surface area contributed by atoms with E-state index >= 15 is 0 Å². The van der Waals surface area contributed by atoms with Crippen LogP contribution in [0, 0.1) is 0 Å². The Bertz CT molecular complexity index is 1240. The number of anilines is 1. The lowest BCUT2D eigenvalue weighted by Gasteiger charge is -2.34. The van der Waals surface area contributed by atoms with Crippen molar-refractivity contribution in [3.63, 3.8) is 0 Å². The first-order chi connectivity index (χ1) is 16.3. The molecule has 2 aromatic heterocycles. The van der Waals surface area contributed by atoms with Gasteiger partial charge in [0.15, 0.2) is 0 Å². The molecule has 2 aliphatic heterocycles. The van der Waals surface area contributed by atoms with Gasteiger partial charge in [-0.05, 0) is 51.8 Å². The molecule has 0 radical (unpaired) electrons. The summed E-state index contributed by atoms with van der Waals surface area (Å²) in [5, 5.41) is 7.44. The predicted octanol–water partition coefficient (Wildman–Crippen LogP) is 4.33. The van der Waals surface area contributed by atoms with Gasteiger partial charge in [0.1, 0.15) is 11.4 Å². The number of hydrogen-bond acceptors (Lipinski definition) is 5. The summed E-state index contributed by atoms with van der Waals surface area (Å²) in [7, 11) is 0. The van der Waals surface area contributed by atoms with Gasteiger partial charge in [0, 0.05) is 54.4 Å². The molecule has 0 aliphatic carbocycles. The summed E-state index contributed by atoms with van der Waals surface area (Å²) in [5.41, 5.74) is 3.89. The number of nitrogens with zero attached hydrogens (tertiary/aromatic N) is 2. The molecule has 3 N–H and O–H groups in total. The van der Waals surface area contributed by atoms with E-state index in [1.807, 2.05) is 51.1 Å². The van der Waals surface area contributed by atoms with Crippen molar-refractivity contribution in [2.75, 3.05) is 25.0 Å². The van der Waals surface area contributed by atoms with Gasteiger partial charge in [0.05, 0.1) is 11.1 Å². The topological polar surface area (TPSA) is 99.4 Å². The Morgan fingerprint density at radius 1 is 1.21 bits per heavy atom. The first-order valence-electron chi connectivity index (χ1n) is 11.9. The quantitative estimate of drug-likeness (QED) is 0.539. The van der Waals surface area contributed by atoms with Crippen LogP contribution in [-0.2, 0) is 11.2 Å². The van der Waals surface area contributed by atoms with Crippen LogP contribution in [0.25, 0.3) is 22.2 Å². The van der Waals surface area contributed by atoms with E-state index in [4.69, 9.17) is 9.72 Å². The van der Waals surface area contributed by atoms with Crippen molar-refractivity contribution < 1.29 is 14.3 Å². The zero-order valence-corrected chi connectivity index (χ0v) is 19.9. The molecule has 2 aliphatic rings. The van der Waals surface area contributed by atoms with Crippen LogP contribution < -0.4 is 10.6 Å². The van der Waals surface area contributed by atoms with Gasteiger partial charge < -0.3 is 25.3 Å². The van der Waals surface area contributed by atoms with Gasteiger partial charge in [-0.25, -0.2) is 9.78 Å². The molecule has 34 heavy (non-hydrogen) atoms. The lowest BCUT2D eigenvalue weighted by molar-refractivity contribution is 0.0206. The summed E-state index contributed by atoms with van der Waals surface area (Å²) >= 11 is 0. The molecular weight excluding hydrogens is 430 g/mol. The molecule has 4 heterocycles. The molecule has 1 saturated heterocycles. The Morgan fingerprint density at radius 3 is 2.85 bits per heavy atom. The second-order valence-corrected chi connectivity index (χ2v) is 10.1. The van der Waals surface area contributed by atoms with E-state index in [0.717, 1.165) is 52.9 Å². The smallest absolute Gasteiger partial charge is 0.410 e. The van der Waals surface area contributed by atoms with Gasteiger partial charge >= 0.3 is 6.09 Å². The Hall–Kier alpha value is -3.55. The van der Waals surface area contributed by atoms with E-state index in [-0.39, 0.29) is 18.0 Å². The van der Waals surface area contributed by atoms with Crippen LogP contribution in [0.15, 0.2) is 36.4 Å². The monoisotopic (exact) mass is 461 g/mol.